The molecule has 0 heterocycles. The number of halogens is 5. The summed E-state index contributed by atoms with van der Waals surface area (Å²) in [6.45, 7) is 0. The lowest BCUT2D eigenvalue weighted by Crippen LogP contribution is -2.27. The van der Waals surface area contributed by atoms with Crippen molar-refractivity contribution in [3.05, 3.63) is 115 Å². The summed E-state index contributed by atoms with van der Waals surface area (Å²) in [6, 6.07) is 24.2. The molecule has 0 fully saturated rings. The minimum atomic E-state index is -6.14. The Balaban J connectivity index is 1.86. The van der Waals surface area contributed by atoms with Gasteiger partial charge < -0.3 is 0 Å². The molecule has 37 heavy (non-hydrogen) atoms. The summed E-state index contributed by atoms with van der Waals surface area (Å²) in [4.78, 5) is 1.77. The van der Waals surface area contributed by atoms with Crippen LogP contribution < -0.4 is 0 Å². The molecule has 4 aromatic rings. The monoisotopic (exact) mass is 588 g/mol. The van der Waals surface area contributed by atoms with Gasteiger partial charge in [-0.15, -0.1) is 0 Å². The lowest BCUT2D eigenvalue weighted by molar-refractivity contribution is -0.0496. The summed E-state index contributed by atoms with van der Waals surface area (Å²) < 4.78 is 97.9. The van der Waals surface area contributed by atoms with Gasteiger partial charge in [0.1, 0.15) is 11.6 Å². The second-order valence-corrected chi connectivity index (χ2v) is 14.1. The van der Waals surface area contributed by atoms with E-state index >= 15 is 0 Å². The van der Waals surface area contributed by atoms with E-state index < -0.39 is 37.6 Å². The standard InChI is InChI=1S/C25H17F5O3S4/c26-18-6-12-22(13-7-18)36(23-14-8-19(27)9-15-23,33-37(31,32)25(28,29)30)24-16-10-21(11-17-24)35-34-20-4-2-1-3-5-20/h1-17H. The fourth-order valence-corrected chi connectivity index (χ4v) is 9.86. The maximum atomic E-state index is 13.8. The molecule has 0 aliphatic rings. The third-order valence-corrected chi connectivity index (χ3v) is 12.2. The Morgan fingerprint density at radius 3 is 1.35 bits per heavy atom. The largest absolute Gasteiger partial charge is 0.524 e. The third-order valence-electron chi connectivity index (χ3n) is 4.90. The predicted octanol–water partition coefficient (Wildman–Crippen LogP) is 8.83. The highest BCUT2D eigenvalue weighted by atomic mass is 33.1. The van der Waals surface area contributed by atoms with Gasteiger partial charge in [0.15, 0.2) is 0 Å². The topological polar surface area (TPSA) is 43.4 Å². The number of hydrogen-bond donors (Lipinski definition) is 0. The number of benzene rings is 4. The van der Waals surface area contributed by atoms with Crippen molar-refractivity contribution in [2.75, 3.05) is 0 Å². The molecule has 0 radical (unpaired) electrons. The minimum Gasteiger partial charge on any atom is -0.207 e. The van der Waals surface area contributed by atoms with Crippen LogP contribution in [0, 0.1) is 11.6 Å². The van der Waals surface area contributed by atoms with Crippen LogP contribution in [0.4, 0.5) is 22.0 Å². The Kier molecular flexibility index (Phi) is 8.24. The molecule has 4 aromatic carbocycles. The van der Waals surface area contributed by atoms with Gasteiger partial charge in [-0.3, -0.25) is 0 Å². The highest BCUT2D eigenvalue weighted by Gasteiger charge is 2.52. The second kappa shape index (κ2) is 11.1. The van der Waals surface area contributed by atoms with Gasteiger partial charge in [0.2, 0.25) is 0 Å². The molecule has 0 saturated heterocycles. The van der Waals surface area contributed by atoms with E-state index in [0.29, 0.717) is 0 Å². The maximum absolute atomic E-state index is 13.8. The van der Waals surface area contributed by atoms with Gasteiger partial charge in [-0.1, -0.05) is 39.8 Å². The smallest absolute Gasteiger partial charge is 0.207 e. The van der Waals surface area contributed by atoms with E-state index in [1.165, 1.54) is 33.7 Å². The zero-order valence-electron chi connectivity index (χ0n) is 18.6. The molecule has 194 valence electrons. The molecule has 0 N–H and O–H groups in total. The molecule has 0 amide bonds. The van der Waals surface area contributed by atoms with Crippen LogP contribution in [0.15, 0.2) is 128 Å². The zero-order chi connectivity index (χ0) is 26.7. The third kappa shape index (κ3) is 6.15. The summed E-state index contributed by atoms with van der Waals surface area (Å²) in [5.74, 6) is -1.36. The van der Waals surface area contributed by atoms with Crippen LogP contribution in [-0.2, 0) is 13.7 Å². The van der Waals surface area contributed by atoms with Crippen molar-refractivity contribution in [3.63, 3.8) is 0 Å². The van der Waals surface area contributed by atoms with Gasteiger partial charge in [0, 0.05) is 24.5 Å². The molecule has 0 unspecified atom stereocenters. The molecule has 0 spiro atoms. The van der Waals surface area contributed by atoms with E-state index in [-0.39, 0.29) is 14.7 Å². The Morgan fingerprint density at radius 2 is 0.946 bits per heavy atom. The molecule has 0 aliphatic heterocycles. The fourth-order valence-electron chi connectivity index (χ4n) is 3.21. The number of rotatable bonds is 8. The summed E-state index contributed by atoms with van der Waals surface area (Å²) >= 11 is 0. The van der Waals surface area contributed by atoms with E-state index in [9.17, 15) is 30.4 Å². The molecular weight excluding hydrogens is 572 g/mol. The Labute approximate surface area is 220 Å². The molecule has 0 saturated carbocycles. The molecule has 0 bridgehead atoms. The first-order valence-corrected chi connectivity index (χ1v) is 15.5. The van der Waals surface area contributed by atoms with E-state index in [2.05, 4.69) is 0 Å². The summed E-state index contributed by atoms with van der Waals surface area (Å²) in [7, 11) is -6.93. The fraction of sp³-hybridized carbons (Fsp3) is 0.0400. The van der Waals surface area contributed by atoms with Crippen LogP contribution in [0.25, 0.3) is 0 Å². The Hall–Kier alpha value is -2.51. The number of hydrogen-bond acceptors (Lipinski definition) is 5. The first-order valence-electron chi connectivity index (χ1n) is 10.4. The highest BCUT2D eigenvalue weighted by Crippen LogP contribution is 2.70. The van der Waals surface area contributed by atoms with Crippen molar-refractivity contribution in [1.82, 2.24) is 0 Å². The molecule has 4 rings (SSSR count). The zero-order valence-corrected chi connectivity index (χ0v) is 21.8. The van der Waals surface area contributed by atoms with Crippen LogP contribution >= 0.6 is 31.9 Å². The quantitative estimate of drug-likeness (QED) is 0.117. The van der Waals surface area contributed by atoms with E-state index in [1.54, 1.807) is 12.1 Å². The maximum Gasteiger partial charge on any atom is 0.524 e. The van der Waals surface area contributed by atoms with Crippen molar-refractivity contribution < 1.29 is 34.0 Å². The molecule has 12 heteroatoms. The van der Waals surface area contributed by atoms with E-state index in [4.69, 9.17) is 3.63 Å². The predicted molar refractivity (Wildman–Crippen MR) is 136 cm³/mol. The highest BCUT2D eigenvalue weighted by molar-refractivity contribution is 8.76. The van der Waals surface area contributed by atoms with E-state index in [0.717, 1.165) is 58.3 Å². The molecule has 0 aliphatic carbocycles. The summed E-state index contributed by atoms with van der Waals surface area (Å²) in [5, 5.41) is 0. The van der Waals surface area contributed by atoms with Crippen molar-refractivity contribution in [1.29, 1.82) is 0 Å². The average Bonchev–Trinajstić information content (AvgIpc) is 2.87. The van der Waals surface area contributed by atoms with Crippen molar-refractivity contribution in [2.45, 2.75) is 30.0 Å². The van der Waals surface area contributed by atoms with Crippen molar-refractivity contribution >= 4 is 42.0 Å². The summed E-state index contributed by atoms with van der Waals surface area (Å²) in [6.07, 6.45) is 0. The second-order valence-electron chi connectivity index (χ2n) is 7.38. The van der Waals surface area contributed by atoms with E-state index in [1.807, 2.05) is 30.3 Å². The lowest BCUT2D eigenvalue weighted by atomic mass is 10.3. The van der Waals surface area contributed by atoms with Crippen LogP contribution in [0.5, 0.6) is 0 Å². The van der Waals surface area contributed by atoms with Crippen LogP contribution in [0.2, 0.25) is 0 Å². The molecule has 3 nitrogen and oxygen atoms in total. The first-order chi connectivity index (χ1) is 17.5. The van der Waals surface area contributed by atoms with Gasteiger partial charge >= 0.3 is 15.6 Å². The first kappa shape index (κ1) is 27.5. The van der Waals surface area contributed by atoms with Crippen LogP contribution in [0.1, 0.15) is 0 Å². The van der Waals surface area contributed by atoms with Crippen LogP contribution in [0.3, 0.4) is 0 Å². The normalized spacial score (nSPS) is 12.9. The molecule has 0 aromatic heterocycles. The number of alkyl halides is 3. The van der Waals surface area contributed by atoms with Crippen molar-refractivity contribution in [2.24, 2.45) is 0 Å². The molecular formula is C25H17F5O3S4. The SMILES string of the molecule is O=S(=O)(OS(c1ccc(F)cc1)(c1ccc(F)cc1)c1ccc(SSc2ccccc2)cc1)C(F)(F)F. The van der Waals surface area contributed by atoms with Gasteiger partial charge in [-0.05, 0) is 95.2 Å². The summed E-state index contributed by atoms with van der Waals surface area (Å²) in [5.41, 5.74) is -5.73. The van der Waals surface area contributed by atoms with Crippen LogP contribution in [-0.4, -0.2) is 13.9 Å². The van der Waals surface area contributed by atoms with Gasteiger partial charge in [0.05, 0.1) is 0 Å². The lowest BCUT2D eigenvalue weighted by Gasteiger charge is -2.39. The molecule has 0 atom stereocenters. The Morgan fingerprint density at radius 1 is 0.568 bits per heavy atom. The van der Waals surface area contributed by atoms with Gasteiger partial charge in [0.25, 0.3) is 0 Å². The van der Waals surface area contributed by atoms with Crippen molar-refractivity contribution in [3.8, 4) is 0 Å². The Bertz CT molecular complexity index is 1400. The van der Waals surface area contributed by atoms with Gasteiger partial charge in [-0.25, -0.2) is 8.78 Å². The average molecular weight is 589 g/mol. The minimum absolute atomic E-state index is 0.0209. The van der Waals surface area contributed by atoms with Gasteiger partial charge in [-0.2, -0.15) is 25.2 Å².